The highest BCUT2D eigenvalue weighted by Crippen LogP contribution is 2.50. The van der Waals surface area contributed by atoms with Crippen molar-refractivity contribution in [2.45, 2.75) is 50.9 Å². The fourth-order valence-electron chi connectivity index (χ4n) is 5.57. The van der Waals surface area contributed by atoms with Crippen LogP contribution < -0.4 is 4.90 Å². The minimum Gasteiger partial charge on any atom is -0.477 e. The average molecular weight is 402 g/mol. The Kier molecular flexibility index (Phi) is 3.92. The van der Waals surface area contributed by atoms with Crippen LogP contribution in [0.1, 0.15) is 67.0 Å². The maximum atomic E-state index is 11.9. The first-order chi connectivity index (χ1) is 14.6. The Morgan fingerprint density at radius 1 is 1.07 bits per heavy atom. The lowest BCUT2D eigenvalue weighted by Gasteiger charge is -2.50. The Bertz CT molecular complexity index is 1120. The van der Waals surface area contributed by atoms with E-state index in [2.05, 4.69) is 9.88 Å². The molecule has 0 amide bonds. The molecule has 2 saturated carbocycles. The number of rotatable bonds is 4. The van der Waals surface area contributed by atoms with Gasteiger partial charge in [0.25, 0.3) is 0 Å². The summed E-state index contributed by atoms with van der Waals surface area (Å²) < 4.78 is 1.85. The number of anilines is 1. The Labute approximate surface area is 175 Å². The summed E-state index contributed by atoms with van der Waals surface area (Å²) in [6.45, 7) is 2.04. The van der Waals surface area contributed by atoms with Crippen molar-refractivity contribution < 1.29 is 9.90 Å². The summed E-state index contributed by atoms with van der Waals surface area (Å²) in [5.41, 5.74) is 4.23. The van der Waals surface area contributed by atoms with Crippen molar-refractivity contribution in [1.82, 2.24) is 14.8 Å². The van der Waals surface area contributed by atoms with Gasteiger partial charge in [0.05, 0.1) is 22.5 Å². The lowest BCUT2D eigenvalue weighted by Crippen LogP contribution is -2.55. The molecule has 3 fully saturated rings. The first-order valence-electron chi connectivity index (χ1n) is 11.1. The van der Waals surface area contributed by atoms with Gasteiger partial charge in [-0.3, -0.25) is 0 Å². The number of aromatic carboxylic acids is 1. The van der Waals surface area contributed by atoms with Gasteiger partial charge in [-0.05, 0) is 43.9 Å². The van der Waals surface area contributed by atoms with Gasteiger partial charge in [-0.2, -0.15) is 5.10 Å². The van der Waals surface area contributed by atoms with Crippen molar-refractivity contribution in [3.8, 4) is 5.69 Å². The third kappa shape index (κ3) is 2.66. The van der Waals surface area contributed by atoms with Crippen molar-refractivity contribution in [2.75, 3.05) is 18.0 Å². The lowest BCUT2D eigenvalue weighted by atomic mass is 9.77. The van der Waals surface area contributed by atoms with Gasteiger partial charge >= 0.3 is 5.97 Å². The monoisotopic (exact) mass is 402 g/mol. The molecule has 0 radical (unpaired) electrons. The number of carbonyl (C=O) groups is 1. The SMILES string of the molecule is O=C(O)c1cc(N2CC3(CCCC3)C2)c2c(C3CCC3)nn(-c3ccccc3)c2n1. The molecule has 30 heavy (non-hydrogen) atoms. The van der Waals surface area contributed by atoms with E-state index in [0.29, 0.717) is 17.0 Å². The van der Waals surface area contributed by atoms with Crippen molar-refractivity contribution in [2.24, 2.45) is 5.41 Å². The first kappa shape index (κ1) is 17.9. The van der Waals surface area contributed by atoms with Gasteiger partial charge < -0.3 is 10.0 Å². The van der Waals surface area contributed by atoms with Gasteiger partial charge in [-0.15, -0.1) is 0 Å². The zero-order chi connectivity index (χ0) is 20.3. The molecule has 1 saturated heterocycles. The molecule has 1 spiro atoms. The van der Waals surface area contributed by atoms with Gasteiger partial charge in [-0.25, -0.2) is 14.5 Å². The minimum atomic E-state index is -0.986. The zero-order valence-electron chi connectivity index (χ0n) is 17.0. The predicted molar refractivity (Wildman–Crippen MR) is 116 cm³/mol. The summed E-state index contributed by atoms with van der Waals surface area (Å²) in [7, 11) is 0. The van der Waals surface area contributed by atoms with E-state index in [1.54, 1.807) is 6.07 Å². The second-order valence-electron chi connectivity index (χ2n) is 9.35. The number of hydrogen-bond donors (Lipinski definition) is 1. The van der Waals surface area contributed by atoms with Crippen LogP contribution in [0.3, 0.4) is 0 Å². The molecule has 1 N–H and O–H groups in total. The van der Waals surface area contributed by atoms with Crippen LogP contribution in [0.15, 0.2) is 36.4 Å². The summed E-state index contributed by atoms with van der Waals surface area (Å²) >= 11 is 0. The molecule has 6 rings (SSSR count). The number of aromatic nitrogens is 3. The van der Waals surface area contributed by atoms with E-state index in [9.17, 15) is 9.90 Å². The number of fused-ring (bicyclic) bond motifs is 1. The van der Waals surface area contributed by atoms with E-state index in [0.717, 1.165) is 48.4 Å². The number of nitrogens with zero attached hydrogens (tertiary/aromatic N) is 4. The van der Waals surface area contributed by atoms with Crippen LogP contribution in [0, 0.1) is 5.41 Å². The number of pyridine rings is 1. The average Bonchev–Trinajstić information content (AvgIpc) is 3.31. The van der Waals surface area contributed by atoms with E-state index < -0.39 is 5.97 Å². The van der Waals surface area contributed by atoms with E-state index in [-0.39, 0.29) is 5.69 Å². The van der Waals surface area contributed by atoms with Crippen LogP contribution in [-0.2, 0) is 0 Å². The fraction of sp³-hybridized carbons (Fsp3) is 0.458. The molecule has 3 aromatic rings. The molecule has 2 aliphatic carbocycles. The minimum absolute atomic E-state index is 0.0992. The predicted octanol–water partition coefficient (Wildman–Crippen LogP) is 4.77. The molecular formula is C24H26N4O2. The van der Waals surface area contributed by atoms with Crippen LogP contribution in [0.4, 0.5) is 5.69 Å². The third-order valence-electron chi connectivity index (χ3n) is 7.41. The van der Waals surface area contributed by atoms with Gasteiger partial charge in [0.1, 0.15) is 0 Å². The van der Waals surface area contributed by atoms with Crippen LogP contribution >= 0.6 is 0 Å². The Morgan fingerprint density at radius 3 is 2.43 bits per heavy atom. The molecule has 3 aliphatic rings. The van der Waals surface area contributed by atoms with E-state index in [1.165, 1.54) is 32.1 Å². The van der Waals surface area contributed by atoms with E-state index in [4.69, 9.17) is 5.10 Å². The molecule has 3 heterocycles. The summed E-state index contributed by atoms with van der Waals surface area (Å²) in [5, 5.41) is 15.8. The molecule has 0 bridgehead atoms. The van der Waals surface area contributed by atoms with Crippen molar-refractivity contribution in [3.63, 3.8) is 0 Å². The second kappa shape index (κ2) is 6.56. The van der Waals surface area contributed by atoms with Crippen molar-refractivity contribution in [1.29, 1.82) is 0 Å². The largest absolute Gasteiger partial charge is 0.477 e. The molecule has 2 aromatic heterocycles. The molecule has 1 aliphatic heterocycles. The van der Waals surface area contributed by atoms with Gasteiger partial charge in [0.15, 0.2) is 11.3 Å². The van der Waals surface area contributed by atoms with E-state index >= 15 is 0 Å². The summed E-state index contributed by atoms with van der Waals surface area (Å²) in [4.78, 5) is 18.9. The smallest absolute Gasteiger partial charge is 0.354 e. The zero-order valence-corrected chi connectivity index (χ0v) is 17.0. The number of carboxylic acid groups (broad SMARTS) is 1. The van der Waals surface area contributed by atoms with Gasteiger partial charge in [0, 0.05) is 24.4 Å². The number of para-hydroxylation sites is 1. The van der Waals surface area contributed by atoms with Crippen molar-refractivity contribution in [3.05, 3.63) is 47.8 Å². The third-order valence-corrected chi connectivity index (χ3v) is 7.41. The molecule has 6 heteroatoms. The van der Waals surface area contributed by atoms with Crippen LogP contribution in [0.2, 0.25) is 0 Å². The standard InChI is InChI=1S/C24H26N4O2/c29-23(30)18-13-19(27-14-24(15-27)11-4-5-12-24)20-21(16-7-6-8-16)26-28(22(20)25-18)17-9-2-1-3-10-17/h1-3,9-10,13,16H,4-8,11-12,14-15H2,(H,29,30). The molecular weight excluding hydrogens is 376 g/mol. The summed E-state index contributed by atoms with van der Waals surface area (Å²) in [6.07, 6.45) is 8.74. The molecule has 154 valence electrons. The highest BCUT2D eigenvalue weighted by Gasteiger charge is 2.46. The normalized spacial score (nSPS) is 20.5. The highest BCUT2D eigenvalue weighted by molar-refractivity contribution is 5.99. The molecule has 1 aromatic carbocycles. The first-order valence-corrected chi connectivity index (χ1v) is 11.1. The van der Waals surface area contributed by atoms with Crippen LogP contribution in [0.5, 0.6) is 0 Å². The fourth-order valence-corrected chi connectivity index (χ4v) is 5.57. The van der Waals surface area contributed by atoms with Crippen LogP contribution in [0.25, 0.3) is 16.7 Å². The summed E-state index contributed by atoms with van der Waals surface area (Å²) in [5.74, 6) is -0.546. The molecule has 0 unspecified atom stereocenters. The van der Waals surface area contributed by atoms with Gasteiger partial charge in [-0.1, -0.05) is 37.5 Å². The Balaban J connectivity index is 1.55. The van der Waals surface area contributed by atoms with Crippen LogP contribution in [-0.4, -0.2) is 38.9 Å². The number of hydrogen-bond acceptors (Lipinski definition) is 4. The maximum Gasteiger partial charge on any atom is 0.354 e. The number of carboxylic acids is 1. The summed E-state index contributed by atoms with van der Waals surface area (Å²) in [6, 6.07) is 11.7. The Hall–Kier alpha value is -2.89. The number of benzene rings is 1. The van der Waals surface area contributed by atoms with Gasteiger partial charge in [0.2, 0.25) is 0 Å². The lowest BCUT2D eigenvalue weighted by molar-refractivity contribution is 0.0691. The highest BCUT2D eigenvalue weighted by atomic mass is 16.4. The molecule has 6 nitrogen and oxygen atoms in total. The van der Waals surface area contributed by atoms with Crippen molar-refractivity contribution >= 4 is 22.7 Å². The second-order valence-corrected chi connectivity index (χ2v) is 9.35. The maximum absolute atomic E-state index is 11.9. The quantitative estimate of drug-likeness (QED) is 0.681. The Morgan fingerprint density at radius 2 is 1.80 bits per heavy atom. The van der Waals surface area contributed by atoms with E-state index in [1.807, 2.05) is 35.0 Å². The molecule has 0 atom stereocenters. The topological polar surface area (TPSA) is 71.2 Å².